The lowest BCUT2D eigenvalue weighted by molar-refractivity contribution is -0.132. The zero-order chi connectivity index (χ0) is 14.8. The Labute approximate surface area is 123 Å². The topological polar surface area (TPSA) is 52.6 Å². The molecule has 0 unspecified atom stereocenters. The van der Waals surface area contributed by atoms with E-state index in [2.05, 4.69) is 5.32 Å². The number of nitrogens with zero attached hydrogens (tertiary/aromatic N) is 1. The number of aliphatic hydroxyl groups excluding tert-OH is 1. The third kappa shape index (κ3) is 3.14. The fourth-order valence-corrected chi connectivity index (χ4v) is 2.92. The quantitative estimate of drug-likeness (QED) is 0.859. The van der Waals surface area contributed by atoms with Crippen LogP contribution in [0, 0.1) is 5.82 Å². The lowest BCUT2D eigenvalue weighted by atomic mass is 9.99. The fraction of sp³-hybridized carbons (Fsp3) is 0.438. The van der Waals surface area contributed by atoms with Crippen LogP contribution in [0.15, 0.2) is 30.3 Å². The summed E-state index contributed by atoms with van der Waals surface area (Å²) in [5, 5.41) is 12.5. The van der Waals surface area contributed by atoms with Crippen LogP contribution >= 0.6 is 0 Å². The number of hydrogen-bond acceptors (Lipinski definition) is 3. The minimum atomic E-state index is -0.422. The minimum Gasteiger partial charge on any atom is -0.392 e. The van der Waals surface area contributed by atoms with Gasteiger partial charge < -0.3 is 15.3 Å². The molecular formula is C16H19FN2O2. The molecular weight excluding hydrogens is 271 g/mol. The Balaban J connectivity index is 1.63. The van der Waals surface area contributed by atoms with E-state index in [9.17, 15) is 14.3 Å². The highest BCUT2D eigenvalue weighted by Crippen LogP contribution is 2.23. The highest BCUT2D eigenvalue weighted by Gasteiger charge is 2.31. The number of rotatable bonds is 2. The Hall–Kier alpha value is -1.72. The molecule has 2 N–H and O–H groups in total. The summed E-state index contributed by atoms with van der Waals surface area (Å²) in [4.78, 5) is 14.1. The van der Waals surface area contributed by atoms with Crippen molar-refractivity contribution in [2.24, 2.45) is 0 Å². The van der Waals surface area contributed by atoms with Crippen LogP contribution in [0.2, 0.25) is 0 Å². The average Bonchev–Trinajstić information content (AvgIpc) is 2.94. The first-order valence-corrected chi connectivity index (χ1v) is 7.28. The first-order chi connectivity index (χ1) is 10.1. The van der Waals surface area contributed by atoms with Gasteiger partial charge in [0.05, 0.1) is 12.1 Å². The molecule has 2 aliphatic heterocycles. The van der Waals surface area contributed by atoms with Crippen molar-refractivity contribution in [3.05, 3.63) is 41.7 Å². The highest BCUT2D eigenvalue weighted by atomic mass is 19.1. The largest absolute Gasteiger partial charge is 0.392 e. The molecule has 2 aliphatic rings. The molecule has 1 saturated heterocycles. The first-order valence-electron chi connectivity index (χ1n) is 7.28. The van der Waals surface area contributed by atoms with Crippen molar-refractivity contribution >= 4 is 11.5 Å². The number of β-amino-alcohol motifs (C(OH)–C–C–N with tert-alkyl or cyclic N) is 1. The van der Waals surface area contributed by atoms with E-state index in [-0.39, 0.29) is 17.8 Å². The molecule has 0 spiro atoms. The van der Waals surface area contributed by atoms with Gasteiger partial charge in [0, 0.05) is 19.6 Å². The van der Waals surface area contributed by atoms with Gasteiger partial charge in [-0.25, -0.2) is 4.39 Å². The van der Waals surface area contributed by atoms with Gasteiger partial charge in [0.25, 0.3) is 0 Å². The Morgan fingerprint density at radius 2 is 2.10 bits per heavy atom. The summed E-state index contributed by atoms with van der Waals surface area (Å²) in [6.07, 6.45) is 2.87. The molecule has 1 amide bonds. The lowest BCUT2D eigenvalue weighted by Gasteiger charge is -2.29. The first kappa shape index (κ1) is 14.2. The third-order valence-electron chi connectivity index (χ3n) is 4.14. The summed E-state index contributed by atoms with van der Waals surface area (Å²) < 4.78 is 12.9. The van der Waals surface area contributed by atoms with Crippen molar-refractivity contribution < 1.29 is 14.3 Å². The van der Waals surface area contributed by atoms with Gasteiger partial charge in [-0.2, -0.15) is 0 Å². The maximum Gasteiger partial charge on any atom is 0.240 e. The minimum absolute atomic E-state index is 0.0564. The van der Waals surface area contributed by atoms with Gasteiger partial charge in [-0.3, -0.25) is 4.79 Å². The van der Waals surface area contributed by atoms with Crippen LogP contribution < -0.4 is 5.32 Å². The maximum absolute atomic E-state index is 12.9. The zero-order valence-corrected chi connectivity index (χ0v) is 11.8. The zero-order valence-electron chi connectivity index (χ0n) is 11.8. The van der Waals surface area contributed by atoms with E-state index in [0.717, 1.165) is 17.6 Å². The summed E-state index contributed by atoms with van der Waals surface area (Å²) in [6, 6.07) is 6.19. The van der Waals surface area contributed by atoms with Crippen molar-refractivity contribution in [3.63, 3.8) is 0 Å². The Bertz CT molecular complexity index is 556. The van der Waals surface area contributed by atoms with Crippen molar-refractivity contribution in [2.45, 2.75) is 25.0 Å². The second-order valence-electron chi connectivity index (χ2n) is 5.62. The number of carbonyl (C=O) groups excluding carboxylic acids is 1. The van der Waals surface area contributed by atoms with Gasteiger partial charge in [-0.05, 0) is 36.1 Å². The van der Waals surface area contributed by atoms with Crippen LogP contribution in [0.3, 0.4) is 0 Å². The average molecular weight is 290 g/mol. The molecule has 3 rings (SSSR count). The summed E-state index contributed by atoms with van der Waals surface area (Å²) in [5.41, 5.74) is 2.16. The second-order valence-corrected chi connectivity index (χ2v) is 5.62. The van der Waals surface area contributed by atoms with Gasteiger partial charge in [0.1, 0.15) is 5.82 Å². The normalized spacial score (nSPS) is 25.8. The molecule has 1 fully saturated rings. The summed E-state index contributed by atoms with van der Waals surface area (Å²) in [6.45, 7) is 1.72. The van der Waals surface area contributed by atoms with E-state index in [1.54, 1.807) is 12.1 Å². The number of amides is 1. The van der Waals surface area contributed by atoms with E-state index in [0.29, 0.717) is 26.1 Å². The monoisotopic (exact) mass is 290 g/mol. The Morgan fingerprint density at radius 3 is 2.67 bits per heavy atom. The Kier molecular flexibility index (Phi) is 4.03. The van der Waals surface area contributed by atoms with Crippen LogP contribution in [-0.4, -0.2) is 47.7 Å². The van der Waals surface area contributed by atoms with E-state index < -0.39 is 6.10 Å². The molecule has 21 heavy (non-hydrogen) atoms. The molecule has 0 saturated carbocycles. The summed E-state index contributed by atoms with van der Waals surface area (Å²) in [5.74, 6) is -0.182. The molecule has 2 atom stereocenters. The molecule has 0 aromatic heterocycles. The van der Waals surface area contributed by atoms with E-state index in [4.69, 9.17) is 0 Å². The number of benzene rings is 1. The molecule has 0 aliphatic carbocycles. The Morgan fingerprint density at radius 1 is 1.33 bits per heavy atom. The molecule has 0 bridgehead atoms. The highest BCUT2D eigenvalue weighted by molar-refractivity contribution is 5.83. The fourth-order valence-electron chi connectivity index (χ4n) is 2.92. The number of carbonyl (C=O) groups is 1. The van der Waals surface area contributed by atoms with Gasteiger partial charge in [0.2, 0.25) is 5.91 Å². The second kappa shape index (κ2) is 5.95. The van der Waals surface area contributed by atoms with Gasteiger partial charge >= 0.3 is 0 Å². The molecule has 5 heteroatoms. The number of halogens is 1. The molecule has 112 valence electrons. The van der Waals surface area contributed by atoms with Crippen LogP contribution in [0.25, 0.3) is 5.57 Å². The maximum atomic E-state index is 12.9. The summed E-state index contributed by atoms with van der Waals surface area (Å²) in [7, 11) is 0. The molecule has 0 radical (unpaired) electrons. The summed E-state index contributed by atoms with van der Waals surface area (Å²) >= 11 is 0. The van der Waals surface area contributed by atoms with Crippen molar-refractivity contribution in [2.75, 3.05) is 19.6 Å². The lowest BCUT2D eigenvalue weighted by Crippen LogP contribution is -2.45. The number of aliphatic hydroxyl groups is 1. The van der Waals surface area contributed by atoms with Gasteiger partial charge in [0.15, 0.2) is 0 Å². The van der Waals surface area contributed by atoms with Gasteiger partial charge in [-0.1, -0.05) is 18.2 Å². The van der Waals surface area contributed by atoms with E-state index in [1.165, 1.54) is 12.1 Å². The van der Waals surface area contributed by atoms with Gasteiger partial charge in [-0.15, -0.1) is 0 Å². The van der Waals surface area contributed by atoms with E-state index >= 15 is 0 Å². The van der Waals surface area contributed by atoms with Crippen molar-refractivity contribution in [1.29, 1.82) is 0 Å². The van der Waals surface area contributed by atoms with Crippen LogP contribution in [0.4, 0.5) is 4.39 Å². The number of nitrogens with one attached hydrogen (secondary N) is 1. The van der Waals surface area contributed by atoms with E-state index in [1.807, 2.05) is 11.0 Å². The predicted octanol–water partition coefficient (Wildman–Crippen LogP) is 1.16. The standard InChI is InChI=1S/C16H19FN2O2/c17-13-3-1-11(2-4-13)12-5-7-19(8-6-12)16(21)15-9-14(20)10-18-15/h1-5,14-15,18,20H,6-10H2/t14-,15-/m1/s1. The van der Waals surface area contributed by atoms with Crippen LogP contribution in [0.5, 0.6) is 0 Å². The molecule has 4 nitrogen and oxygen atoms in total. The molecule has 1 aromatic carbocycles. The van der Waals surface area contributed by atoms with Crippen molar-refractivity contribution in [1.82, 2.24) is 10.2 Å². The SMILES string of the molecule is O=C([C@H]1C[C@@H](O)CN1)N1CC=C(c2ccc(F)cc2)CC1. The number of hydrogen-bond donors (Lipinski definition) is 2. The molecule has 1 aromatic rings. The van der Waals surface area contributed by atoms with Crippen molar-refractivity contribution in [3.8, 4) is 0 Å². The third-order valence-corrected chi connectivity index (χ3v) is 4.14. The smallest absolute Gasteiger partial charge is 0.240 e. The predicted molar refractivity (Wildman–Crippen MR) is 78.0 cm³/mol. The molecule has 2 heterocycles. The van der Waals surface area contributed by atoms with Crippen LogP contribution in [-0.2, 0) is 4.79 Å². The van der Waals surface area contributed by atoms with Crippen LogP contribution in [0.1, 0.15) is 18.4 Å².